The fourth-order valence-electron chi connectivity index (χ4n) is 4.60. The van der Waals surface area contributed by atoms with E-state index in [0.717, 1.165) is 70.3 Å². The highest BCUT2D eigenvalue weighted by molar-refractivity contribution is 5.94. The third-order valence-corrected chi connectivity index (χ3v) is 6.66. The topological polar surface area (TPSA) is 61.4 Å². The summed E-state index contributed by atoms with van der Waals surface area (Å²) in [5, 5.41) is 6.24. The molecule has 1 heterocycles. The first kappa shape index (κ1) is 25.0. The average Bonchev–Trinajstić information content (AvgIpc) is 2.82. The number of aryl methyl sites for hydroxylation is 2. The van der Waals surface area contributed by atoms with Crippen LogP contribution in [-0.4, -0.2) is 48.9 Å². The van der Waals surface area contributed by atoms with E-state index < -0.39 is 0 Å². The Bertz CT molecular complexity index is 869. The van der Waals surface area contributed by atoms with Crippen molar-refractivity contribution in [3.8, 4) is 0 Å². The van der Waals surface area contributed by atoms with Crippen LogP contribution in [0.4, 0.5) is 0 Å². The van der Waals surface area contributed by atoms with Crippen molar-refractivity contribution in [3.05, 3.63) is 70.8 Å². The van der Waals surface area contributed by atoms with Crippen molar-refractivity contribution in [2.75, 3.05) is 26.2 Å². The number of hydrogen-bond donors (Lipinski definition) is 2. The molecule has 0 radical (unpaired) electrons. The SMILES string of the molecule is Cc1cccc(C)c1CCCC(=O)NCCCCN1CCC(NC(=O)c2ccccc2)CC1. The molecule has 5 heteroatoms. The minimum absolute atomic E-state index is 0.0267. The van der Waals surface area contributed by atoms with Gasteiger partial charge >= 0.3 is 0 Å². The molecule has 1 aliphatic rings. The molecule has 2 amide bonds. The molecule has 1 fully saturated rings. The summed E-state index contributed by atoms with van der Waals surface area (Å²) in [6.07, 6.45) is 6.54. The van der Waals surface area contributed by atoms with E-state index in [1.165, 1.54) is 16.7 Å². The summed E-state index contributed by atoms with van der Waals surface area (Å²) >= 11 is 0. The molecule has 0 spiro atoms. The number of likely N-dealkylation sites (tertiary alicyclic amines) is 1. The number of nitrogens with one attached hydrogen (secondary N) is 2. The van der Waals surface area contributed by atoms with Gasteiger partial charge in [0.05, 0.1) is 0 Å². The number of carbonyl (C=O) groups is 2. The molecule has 1 saturated heterocycles. The Hall–Kier alpha value is -2.66. The summed E-state index contributed by atoms with van der Waals surface area (Å²) in [5.74, 6) is 0.190. The molecule has 1 aliphatic heterocycles. The number of nitrogens with zero attached hydrogens (tertiary/aromatic N) is 1. The molecule has 2 N–H and O–H groups in total. The number of unbranched alkanes of at least 4 members (excludes halogenated alkanes) is 1. The molecule has 178 valence electrons. The highest BCUT2D eigenvalue weighted by Crippen LogP contribution is 2.16. The number of amides is 2. The van der Waals surface area contributed by atoms with Gasteiger partial charge in [0.25, 0.3) is 5.91 Å². The minimum Gasteiger partial charge on any atom is -0.356 e. The predicted octanol–water partition coefficient (Wildman–Crippen LogP) is 4.42. The largest absolute Gasteiger partial charge is 0.356 e. The molecular weight excluding hydrogens is 410 g/mol. The van der Waals surface area contributed by atoms with Crippen molar-refractivity contribution >= 4 is 11.8 Å². The van der Waals surface area contributed by atoms with Crippen molar-refractivity contribution in [2.24, 2.45) is 0 Å². The second-order valence-electron chi connectivity index (χ2n) is 9.24. The number of benzene rings is 2. The van der Waals surface area contributed by atoms with Gasteiger partial charge in [0.15, 0.2) is 0 Å². The Balaban J connectivity index is 1.21. The Labute approximate surface area is 199 Å². The van der Waals surface area contributed by atoms with Crippen molar-refractivity contribution in [1.29, 1.82) is 0 Å². The predicted molar refractivity (Wildman–Crippen MR) is 134 cm³/mol. The van der Waals surface area contributed by atoms with Crippen LogP contribution in [0.5, 0.6) is 0 Å². The first-order valence-corrected chi connectivity index (χ1v) is 12.4. The van der Waals surface area contributed by atoms with E-state index in [-0.39, 0.29) is 17.9 Å². The molecule has 0 atom stereocenters. The third-order valence-electron chi connectivity index (χ3n) is 6.66. The molecule has 0 unspecified atom stereocenters. The van der Waals surface area contributed by atoms with Crippen LogP contribution < -0.4 is 10.6 Å². The van der Waals surface area contributed by atoms with Gasteiger partial charge < -0.3 is 15.5 Å². The van der Waals surface area contributed by atoms with Gasteiger partial charge in [-0.15, -0.1) is 0 Å². The summed E-state index contributed by atoms with van der Waals surface area (Å²) in [6.45, 7) is 8.14. The number of rotatable bonds is 11. The van der Waals surface area contributed by atoms with E-state index in [2.05, 4.69) is 47.6 Å². The summed E-state index contributed by atoms with van der Waals surface area (Å²) in [4.78, 5) is 26.9. The molecule has 2 aromatic rings. The van der Waals surface area contributed by atoms with E-state index in [1.807, 2.05) is 30.3 Å². The van der Waals surface area contributed by atoms with Gasteiger partial charge in [-0.05, 0) is 87.7 Å². The fraction of sp³-hybridized carbons (Fsp3) is 0.500. The lowest BCUT2D eigenvalue weighted by atomic mass is 9.98. The highest BCUT2D eigenvalue weighted by atomic mass is 16.2. The molecule has 0 saturated carbocycles. The average molecular weight is 450 g/mol. The van der Waals surface area contributed by atoms with Gasteiger partial charge in [-0.3, -0.25) is 9.59 Å². The molecule has 0 aliphatic carbocycles. The monoisotopic (exact) mass is 449 g/mol. The third kappa shape index (κ3) is 8.32. The van der Waals surface area contributed by atoms with Gasteiger partial charge in [0, 0.05) is 37.7 Å². The maximum atomic E-state index is 12.3. The lowest BCUT2D eigenvalue weighted by Crippen LogP contribution is -2.44. The van der Waals surface area contributed by atoms with Crippen LogP contribution in [0, 0.1) is 13.8 Å². The molecule has 33 heavy (non-hydrogen) atoms. The maximum absolute atomic E-state index is 12.3. The van der Waals surface area contributed by atoms with Crippen molar-refractivity contribution in [3.63, 3.8) is 0 Å². The van der Waals surface area contributed by atoms with Crippen molar-refractivity contribution in [1.82, 2.24) is 15.5 Å². The highest BCUT2D eigenvalue weighted by Gasteiger charge is 2.20. The van der Waals surface area contributed by atoms with Gasteiger partial charge in [-0.1, -0.05) is 36.4 Å². The van der Waals surface area contributed by atoms with Crippen molar-refractivity contribution < 1.29 is 9.59 Å². The van der Waals surface area contributed by atoms with E-state index in [9.17, 15) is 9.59 Å². The second-order valence-corrected chi connectivity index (χ2v) is 9.24. The lowest BCUT2D eigenvalue weighted by molar-refractivity contribution is -0.121. The smallest absolute Gasteiger partial charge is 0.251 e. The zero-order chi connectivity index (χ0) is 23.5. The number of piperidine rings is 1. The summed E-state index contributed by atoms with van der Waals surface area (Å²) in [6, 6.07) is 16.1. The summed E-state index contributed by atoms with van der Waals surface area (Å²) in [7, 11) is 0. The van der Waals surface area contributed by atoms with E-state index in [1.54, 1.807) is 0 Å². The lowest BCUT2D eigenvalue weighted by Gasteiger charge is -2.32. The number of carbonyl (C=O) groups excluding carboxylic acids is 2. The Morgan fingerprint density at radius 2 is 1.61 bits per heavy atom. The second kappa shape index (κ2) is 13.1. The fourth-order valence-corrected chi connectivity index (χ4v) is 4.60. The van der Waals surface area contributed by atoms with Crippen LogP contribution in [0.2, 0.25) is 0 Å². The quantitative estimate of drug-likeness (QED) is 0.499. The van der Waals surface area contributed by atoms with E-state index in [0.29, 0.717) is 6.42 Å². The van der Waals surface area contributed by atoms with Crippen LogP contribution in [0.3, 0.4) is 0 Å². The zero-order valence-corrected chi connectivity index (χ0v) is 20.2. The van der Waals surface area contributed by atoms with Gasteiger partial charge in [0.1, 0.15) is 0 Å². The summed E-state index contributed by atoms with van der Waals surface area (Å²) in [5.41, 5.74) is 4.75. The Morgan fingerprint density at radius 3 is 2.30 bits per heavy atom. The van der Waals surface area contributed by atoms with Crippen LogP contribution in [0.25, 0.3) is 0 Å². The van der Waals surface area contributed by atoms with Crippen LogP contribution >= 0.6 is 0 Å². The zero-order valence-electron chi connectivity index (χ0n) is 20.2. The van der Waals surface area contributed by atoms with Crippen LogP contribution in [0.15, 0.2) is 48.5 Å². The summed E-state index contributed by atoms with van der Waals surface area (Å²) < 4.78 is 0. The minimum atomic E-state index is 0.0267. The molecule has 5 nitrogen and oxygen atoms in total. The molecule has 0 bridgehead atoms. The molecule has 0 aromatic heterocycles. The Morgan fingerprint density at radius 1 is 0.909 bits per heavy atom. The van der Waals surface area contributed by atoms with Gasteiger partial charge in [-0.2, -0.15) is 0 Å². The number of hydrogen-bond acceptors (Lipinski definition) is 3. The first-order chi connectivity index (χ1) is 16.0. The maximum Gasteiger partial charge on any atom is 0.251 e. The van der Waals surface area contributed by atoms with Gasteiger partial charge in [-0.25, -0.2) is 0 Å². The molecule has 2 aromatic carbocycles. The van der Waals surface area contributed by atoms with Crippen LogP contribution in [0.1, 0.15) is 65.6 Å². The Kier molecular flexibility index (Phi) is 9.95. The molecular formula is C28H39N3O2. The first-order valence-electron chi connectivity index (χ1n) is 12.4. The standard InChI is InChI=1S/C28H39N3O2/c1-22-10-8-11-23(2)26(22)14-9-15-27(32)29-18-6-7-19-31-20-16-25(17-21-31)30-28(33)24-12-4-3-5-13-24/h3-5,8,10-13,25H,6-7,9,14-21H2,1-2H3,(H,29,32)(H,30,33). The van der Waals surface area contributed by atoms with Crippen molar-refractivity contribution in [2.45, 2.75) is 64.8 Å². The normalized spacial score (nSPS) is 14.7. The molecule has 3 rings (SSSR count). The van der Waals surface area contributed by atoms with Crippen LogP contribution in [-0.2, 0) is 11.2 Å². The van der Waals surface area contributed by atoms with Gasteiger partial charge in [0.2, 0.25) is 5.91 Å². The van der Waals surface area contributed by atoms with E-state index in [4.69, 9.17) is 0 Å². The van der Waals surface area contributed by atoms with E-state index >= 15 is 0 Å².